The molecule has 0 unspecified atom stereocenters. The minimum Gasteiger partial charge on any atom is -0.480 e. The van der Waals surface area contributed by atoms with Crippen LogP contribution in [-0.2, 0) is 11.3 Å². The zero-order chi connectivity index (χ0) is 14.1. The van der Waals surface area contributed by atoms with Crippen molar-refractivity contribution in [1.29, 1.82) is 0 Å². The van der Waals surface area contributed by atoms with Crippen molar-refractivity contribution in [2.75, 3.05) is 6.54 Å². The van der Waals surface area contributed by atoms with Crippen LogP contribution < -0.4 is 0 Å². The highest BCUT2D eigenvalue weighted by Crippen LogP contribution is 2.24. The minimum absolute atomic E-state index is 0.345. The zero-order valence-electron chi connectivity index (χ0n) is 11.5. The van der Waals surface area contributed by atoms with Gasteiger partial charge in [0.25, 0.3) is 0 Å². The molecule has 1 atom stereocenters. The molecule has 4 nitrogen and oxygen atoms in total. The predicted octanol–water partition coefficient (Wildman–Crippen LogP) is 2.59. The van der Waals surface area contributed by atoms with E-state index in [-0.39, 0.29) is 6.04 Å². The number of carboxylic acid groups (broad SMARTS) is 1. The van der Waals surface area contributed by atoms with Gasteiger partial charge in [0.2, 0.25) is 0 Å². The summed E-state index contributed by atoms with van der Waals surface area (Å²) in [6, 6.07) is 9.77. The van der Waals surface area contributed by atoms with Gasteiger partial charge in [-0.05, 0) is 44.0 Å². The Kier molecular flexibility index (Phi) is 3.40. The van der Waals surface area contributed by atoms with Crippen LogP contribution in [0.3, 0.4) is 0 Å². The zero-order valence-corrected chi connectivity index (χ0v) is 11.5. The van der Waals surface area contributed by atoms with E-state index in [9.17, 15) is 9.90 Å². The summed E-state index contributed by atoms with van der Waals surface area (Å²) in [4.78, 5) is 17.9. The number of likely N-dealkylation sites (tertiary alicyclic amines) is 1. The van der Waals surface area contributed by atoms with Gasteiger partial charge in [0, 0.05) is 17.6 Å². The fourth-order valence-corrected chi connectivity index (χ4v) is 3.04. The van der Waals surface area contributed by atoms with E-state index in [0.29, 0.717) is 6.54 Å². The van der Waals surface area contributed by atoms with E-state index < -0.39 is 5.97 Å². The molecule has 1 aromatic heterocycles. The molecule has 2 aromatic rings. The van der Waals surface area contributed by atoms with Crippen LogP contribution in [0.5, 0.6) is 0 Å². The Bertz CT molecular complexity index is 654. The van der Waals surface area contributed by atoms with E-state index in [1.807, 2.05) is 25.1 Å². The Hall–Kier alpha value is -1.94. The lowest BCUT2D eigenvalue weighted by atomic mass is 10.1. The summed E-state index contributed by atoms with van der Waals surface area (Å²) in [7, 11) is 0. The number of para-hydroxylation sites is 1. The van der Waals surface area contributed by atoms with Gasteiger partial charge in [-0.15, -0.1) is 0 Å². The molecule has 1 N–H and O–H groups in total. The molecule has 0 spiro atoms. The Morgan fingerprint density at radius 3 is 3.05 bits per heavy atom. The number of benzene rings is 1. The number of pyridine rings is 1. The number of carboxylic acids is 1. The van der Waals surface area contributed by atoms with Crippen molar-refractivity contribution in [1.82, 2.24) is 9.88 Å². The molecular weight excluding hydrogens is 252 g/mol. The number of aliphatic carboxylic acids is 1. The Morgan fingerprint density at radius 2 is 2.25 bits per heavy atom. The average molecular weight is 270 g/mol. The van der Waals surface area contributed by atoms with Crippen LogP contribution >= 0.6 is 0 Å². The van der Waals surface area contributed by atoms with Gasteiger partial charge < -0.3 is 5.11 Å². The number of rotatable bonds is 3. The number of hydrogen-bond acceptors (Lipinski definition) is 3. The first-order valence-electron chi connectivity index (χ1n) is 6.97. The van der Waals surface area contributed by atoms with Crippen molar-refractivity contribution in [2.24, 2.45) is 0 Å². The van der Waals surface area contributed by atoms with Crippen LogP contribution in [0.15, 0.2) is 30.3 Å². The second kappa shape index (κ2) is 5.21. The molecule has 20 heavy (non-hydrogen) atoms. The van der Waals surface area contributed by atoms with E-state index in [0.717, 1.165) is 36.0 Å². The van der Waals surface area contributed by atoms with E-state index >= 15 is 0 Å². The topological polar surface area (TPSA) is 53.4 Å². The van der Waals surface area contributed by atoms with Gasteiger partial charge in [-0.2, -0.15) is 0 Å². The SMILES string of the molecule is Cc1cc(CN2CCC[C@H]2C(=O)O)c2ccccc2n1. The maximum atomic E-state index is 11.3. The van der Waals surface area contributed by atoms with E-state index in [4.69, 9.17) is 0 Å². The van der Waals surface area contributed by atoms with E-state index in [1.54, 1.807) is 0 Å². The smallest absolute Gasteiger partial charge is 0.320 e. The third-order valence-electron chi connectivity index (χ3n) is 3.95. The first-order chi connectivity index (χ1) is 9.65. The molecule has 3 rings (SSSR count). The molecule has 0 amide bonds. The van der Waals surface area contributed by atoms with Crippen molar-refractivity contribution < 1.29 is 9.90 Å². The van der Waals surface area contributed by atoms with Crippen molar-refractivity contribution in [2.45, 2.75) is 32.4 Å². The second-order valence-electron chi connectivity index (χ2n) is 5.41. The first-order valence-corrected chi connectivity index (χ1v) is 6.97. The molecule has 0 bridgehead atoms. The molecule has 1 aliphatic rings. The largest absolute Gasteiger partial charge is 0.480 e. The number of carbonyl (C=O) groups is 1. The summed E-state index contributed by atoms with van der Waals surface area (Å²) < 4.78 is 0. The maximum Gasteiger partial charge on any atom is 0.320 e. The molecule has 1 fully saturated rings. The van der Waals surface area contributed by atoms with Gasteiger partial charge in [-0.3, -0.25) is 14.7 Å². The quantitative estimate of drug-likeness (QED) is 0.931. The van der Waals surface area contributed by atoms with Gasteiger partial charge in [0.05, 0.1) is 5.52 Å². The predicted molar refractivity (Wildman–Crippen MR) is 77.5 cm³/mol. The highest BCUT2D eigenvalue weighted by Gasteiger charge is 2.30. The third kappa shape index (κ3) is 2.39. The lowest BCUT2D eigenvalue weighted by Gasteiger charge is -2.22. The van der Waals surface area contributed by atoms with Crippen LogP contribution in [0, 0.1) is 6.92 Å². The number of aromatic nitrogens is 1. The molecule has 104 valence electrons. The van der Waals surface area contributed by atoms with Gasteiger partial charge >= 0.3 is 5.97 Å². The maximum absolute atomic E-state index is 11.3. The molecule has 1 aromatic carbocycles. The molecule has 1 aliphatic heterocycles. The van der Waals surface area contributed by atoms with Crippen LogP contribution in [-0.4, -0.2) is 33.5 Å². The van der Waals surface area contributed by atoms with Gasteiger partial charge in [-0.25, -0.2) is 0 Å². The van der Waals surface area contributed by atoms with Gasteiger partial charge in [0.1, 0.15) is 6.04 Å². The molecule has 1 saturated heterocycles. The highest BCUT2D eigenvalue weighted by atomic mass is 16.4. The number of aryl methyl sites for hydroxylation is 1. The summed E-state index contributed by atoms with van der Waals surface area (Å²) in [6.07, 6.45) is 1.70. The third-order valence-corrected chi connectivity index (χ3v) is 3.95. The van der Waals surface area contributed by atoms with Gasteiger partial charge in [-0.1, -0.05) is 18.2 Å². The van der Waals surface area contributed by atoms with Crippen molar-refractivity contribution >= 4 is 16.9 Å². The van der Waals surface area contributed by atoms with Crippen LogP contribution in [0.4, 0.5) is 0 Å². The Balaban J connectivity index is 1.96. The minimum atomic E-state index is -0.711. The first kappa shape index (κ1) is 13.1. The van der Waals surface area contributed by atoms with Crippen LogP contribution in [0.1, 0.15) is 24.1 Å². The van der Waals surface area contributed by atoms with E-state index in [2.05, 4.69) is 22.0 Å². The summed E-state index contributed by atoms with van der Waals surface area (Å²) in [5, 5.41) is 10.4. The fraction of sp³-hybridized carbons (Fsp3) is 0.375. The lowest BCUT2D eigenvalue weighted by molar-refractivity contribution is -0.142. The Morgan fingerprint density at radius 1 is 1.45 bits per heavy atom. The summed E-state index contributed by atoms with van der Waals surface area (Å²) in [5.74, 6) is -0.711. The van der Waals surface area contributed by atoms with Crippen molar-refractivity contribution in [3.63, 3.8) is 0 Å². The van der Waals surface area contributed by atoms with Crippen LogP contribution in [0.2, 0.25) is 0 Å². The van der Waals surface area contributed by atoms with Crippen molar-refractivity contribution in [3.8, 4) is 0 Å². The Labute approximate surface area is 118 Å². The number of nitrogens with zero attached hydrogens (tertiary/aromatic N) is 2. The monoisotopic (exact) mass is 270 g/mol. The standard InChI is InChI=1S/C16H18N2O2/c1-11-9-12(13-5-2-3-6-14(13)17-11)10-18-8-4-7-15(18)16(19)20/h2-3,5-6,9,15H,4,7-8,10H2,1H3,(H,19,20)/t15-/m0/s1. The normalized spacial score (nSPS) is 19.6. The summed E-state index contributed by atoms with van der Waals surface area (Å²) in [6.45, 7) is 3.52. The molecule has 0 aliphatic carbocycles. The molecule has 2 heterocycles. The average Bonchev–Trinajstić information content (AvgIpc) is 2.87. The second-order valence-corrected chi connectivity index (χ2v) is 5.41. The molecule has 4 heteroatoms. The van der Waals surface area contributed by atoms with Crippen molar-refractivity contribution in [3.05, 3.63) is 41.6 Å². The molecule has 0 saturated carbocycles. The fourth-order valence-electron chi connectivity index (χ4n) is 3.04. The lowest BCUT2D eigenvalue weighted by Crippen LogP contribution is -2.35. The van der Waals surface area contributed by atoms with E-state index in [1.165, 1.54) is 5.56 Å². The highest BCUT2D eigenvalue weighted by molar-refractivity contribution is 5.82. The summed E-state index contributed by atoms with van der Waals surface area (Å²) >= 11 is 0. The molecular formula is C16H18N2O2. The number of fused-ring (bicyclic) bond motifs is 1. The number of hydrogen-bond donors (Lipinski definition) is 1. The van der Waals surface area contributed by atoms with Crippen LogP contribution in [0.25, 0.3) is 10.9 Å². The summed E-state index contributed by atoms with van der Waals surface area (Å²) in [5.41, 5.74) is 3.12. The van der Waals surface area contributed by atoms with Gasteiger partial charge in [0.15, 0.2) is 0 Å². The molecule has 0 radical (unpaired) electrons.